The zero-order chi connectivity index (χ0) is 20.1. The first-order chi connectivity index (χ1) is 14.2. The molecule has 7 nitrogen and oxygen atoms in total. The molecule has 2 amide bonds. The Labute approximate surface area is 171 Å². The van der Waals surface area contributed by atoms with Gasteiger partial charge in [0.2, 0.25) is 0 Å². The maximum atomic E-state index is 12.7. The Balaban J connectivity index is 1.35. The number of carbonyl (C=O) groups excluding carboxylic acids is 2. The van der Waals surface area contributed by atoms with Gasteiger partial charge in [0.15, 0.2) is 5.76 Å². The number of piperazine rings is 1. The molecule has 4 rings (SSSR count). The Kier molecular flexibility index (Phi) is 6.12. The van der Waals surface area contributed by atoms with Crippen molar-refractivity contribution in [1.82, 2.24) is 15.2 Å². The standard InChI is InChI=1S/C22H28N4O3/c27-21(24-18-6-3-1-2-4-7-18)17-9-10-23-20(16-17)25-11-13-26(14-12-25)22(28)19-8-5-15-29-19/h5,8-10,15-16,18H,1-4,6-7,11-14H2,(H,24,27). The molecule has 1 aliphatic heterocycles. The monoisotopic (exact) mass is 396 g/mol. The zero-order valence-electron chi connectivity index (χ0n) is 16.7. The highest BCUT2D eigenvalue weighted by Crippen LogP contribution is 2.19. The lowest BCUT2D eigenvalue weighted by molar-refractivity contribution is 0.0714. The number of anilines is 1. The predicted octanol–water partition coefficient (Wildman–Crippen LogP) is 3.09. The molecule has 1 N–H and O–H groups in total. The number of nitrogens with one attached hydrogen (secondary N) is 1. The summed E-state index contributed by atoms with van der Waals surface area (Å²) in [5, 5.41) is 3.19. The largest absolute Gasteiger partial charge is 0.459 e. The van der Waals surface area contributed by atoms with Crippen LogP contribution in [0, 0.1) is 0 Å². The van der Waals surface area contributed by atoms with Crippen LogP contribution in [0.2, 0.25) is 0 Å². The number of aromatic nitrogens is 1. The summed E-state index contributed by atoms with van der Waals surface area (Å²) in [4.78, 5) is 33.5. The predicted molar refractivity (Wildman–Crippen MR) is 110 cm³/mol. The highest BCUT2D eigenvalue weighted by molar-refractivity contribution is 5.95. The van der Waals surface area contributed by atoms with Crippen LogP contribution in [0.3, 0.4) is 0 Å². The van der Waals surface area contributed by atoms with E-state index < -0.39 is 0 Å². The first-order valence-electron chi connectivity index (χ1n) is 10.6. The summed E-state index contributed by atoms with van der Waals surface area (Å²) in [6, 6.07) is 7.31. The van der Waals surface area contributed by atoms with Gasteiger partial charge in [0, 0.05) is 44.0 Å². The van der Waals surface area contributed by atoms with Gasteiger partial charge in [0.25, 0.3) is 11.8 Å². The zero-order valence-corrected chi connectivity index (χ0v) is 16.7. The van der Waals surface area contributed by atoms with Crippen LogP contribution >= 0.6 is 0 Å². The van der Waals surface area contributed by atoms with Gasteiger partial charge in [-0.05, 0) is 37.1 Å². The van der Waals surface area contributed by atoms with E-state index in [1.165, 1.54) is 31.9 Å². The molecule has 2 aliphatic rings. The van der Waals surface area contributed by atoms with Crippen LogP contribution in [-0.4, -0.2) is 53.9 Å². The lowest BCUT2D eigenvalue weighted by Gasteiger charge is -2.35. The normalized spacial score (nSPS) is 18.3. The molecule has 0 atom stereocenters. The molecule has 1 aliphatic carbocycles. The molecule has 2 aromatic rings. The van der Waals surface area contributed by atoms with Crippen LogP contribution in [0.25, 0.3) is 0 Å². The second-order valence-corrected chi connectivity index (χ2v) is 7.82. The highest BCUT2D eigenvalue weighted by Gasteiger charge is 2.25. The number of hydrogen-bond acceptors (Lipinski definition) is 5. The Hall–Kier alpha value is -2.83. The van der Waals surface area contributed by atoms with Gasteiger partial charge in [0.05, 0.1) is 6.26 Å². The van der Waals surface area contributed by atoms with Crippen LogP contribution < -0.4 is 10.2 Å². The van der Waals surface area contributed by atoms with Crippen molar-refractivity contribution in [3.8, 4) is 0 Å². The molecule has 0 bridgehead atoms. The van der Waals surface area contributed by atoms with E-state index >= 15 is 0 Å². The molecular formula is C22H28N4O3. The summed E-state index contributed by atoms with van der Waals surface area (Å²) >= 11 is 0. The van der Waals surface area contributed by atoms with Crippen LogP contribution in [0.15, 0.2) is 41.1 Å². The molecule has 1 saturated heterocycles. The smallest absolute Gasteiger partial charge is 0.289 e. The quantitative estimate of drug-likeness (QED) is 0.804. The molecule has 1 saturated carbocycles. The van der Waals surface area contributed by atoms with Gasteiger partial charge in [-0.2, -0.15) is 0 Å². The van der Waals surface area contributed by atoms with Crippen molar-refractivity contribution < 1.29 is 14.0 Å². The second-order valence-electron chi connectivity index (χ2n) is 7.82. The van der Waals surface area contributed by atoms with Gasteiger partial charge in [0.1, 0.15) is 5.82 Å². The summed E-state index contributed by atoms with van der Waals surface area (Å²) in [6.45, 7) is 2.54. The summed E-state index contributed by atoms with van der Waals surface area (Å²) < 4.78 is 5.21. The first-order valence-corrected chi connectivity index (χ1v) is 10.6. The van der Waals surface area contributed by atoms with E-state index in [1.807, 2.05) is 6.07 Å². The number of nitrogens with zero attached hydrogens (tertiary/aromatic N) is 3. The van der Waals surface area contributed by atoms with Gasteiger partial charge in [-0.1, -0.05) is 25.7 Å². The Bertz CT molecular complexity index is 820. The molecule has 0 spiro atoms. The Morgan fingerprint density at radius 3 is 2.48 bits per heavy atom. The number of furan rings is 1. The third-order valence-corrected chi connectivity index (χ3v) is 5.82. The lowest BCUT2D eigenvalue weighted by Crippen LogP contribution is -2.49. The molecular weight excluding hydrogens is 368 g/mol. The fourth-order valence-corrected chi connectivity index (χ4v) is 4.12. The average Bonchev–Trinajstić information content (AvgIpc) is 3.19. The van der Waals surface area contributed by atoms with Crippen molar-refractivity contribution in [3.05, 3.63) is 48.0 Å². The molecule has 0 unspecified atom stereocenters. The Morgan fingerprint density at radius 2 is 1.79 bits per heavy atom. The van der Waals surface area contributed by atoms with Crippen molar-refractivity contribution in [2.24, 2.45) is 0 Å². The summed E-state index contributed by atoms with van der Waals surface area (Å²) in [7, 11) is 0. The summed E-state index contributed by atoms with van der Waals surface area (Å²) in [5.41, 5.74) is 0.647. The van der Waals surface area contributed by atoms with E-state index in [4.69, 9.17) is 4.42 Å². The number of amides is 2. The Morgan fingerprint density at radius 1 is 1.03 bits per heavy atom. The molecule has 3 heterocycles. The fourth-order valence-electron chi connectivity index (χ4n) is 4.12. The van der Waals surface area contributed by atoms with E-state index in [-0.39, 0.29) is 17.9 Å². The van der Waals surface area contributed by atoms with E-state index in [0.717, 1.165) is 18.7 Å². The maximum Gasteiger partial charge on any atom is 0.289 e. The van der Waals surface area contributed by atoms with Crippen molar-refractivity contribution in [3.63, 3.8) is 0 Å². The van der Waals surface area contributed by atoms with Gasteiger partial charge < -0.3 is 19.5 Å². The lowest BCUT2D eigenvalue weighted by atomic mass is 10.1. The summed E-state index contributed by atoms with van der Waals surface area (Å²) in [6.07, 6.45) is 10.2. The number of carbonyl (C=O) groups is 2. The fraction of sp³-hybridized carbons (Fsp3) is 0.500. The molecule has 154 valence electrons. The van der Waals surface area contributed by atoms with Crippen molar-refractivity contribution in [2.75, 3.05) is 31.1 Å². The van der Waals surface area contributed by atoms with Gasteiger partial charge in [-0.15, -0.1) is 0 Å². The minimum Gasteiger partial charge on any atom is -0.459 e. The van der Waals surface area contributed by atoms with Crippen molar-refractivity contribution in [1.29, 1.82) is 0 Å². The molecule has 2 fully saturated rings. The topological polar surface area (TPSA) is 78.7 Å². The minimum atomic E-state index is -0.0841. The van der Waals surface area contributed by atoms with Gasteiger partial charge >= 0.3 is 0 Å². The van der Waals surface area contributed by atoms with E-state index in [0.29, 0.717) is 37.5 Å². The second kappa shape index (κ2) is 9.11. The number of pyridine rings is 1. The molecule has 2 aromatic heterocycles. The van der Waals surface area contributed by atoms with Crippen LogP contribution in [0.4, 0.5) is 5.82 Å². The first kappa shape index (κ1) is 19.5. The van der Waals surface area contributed by atoms with Crippen LogP contribution in [-0.2, 0) is 0 Å². The van der Waals surface area contributed by atoms with E-state index in [1.54, 1.807) is 29.3 Å². The number of rotatable bonds is 4. The van der Waals surface area contributed by atoms with Crippen molar-refractivity contribution in [2.45, 2.75) is 44.6 Å². The van der Waals surface area contributed by atoms with Gasteiger partial charge in [-0.25, -0.2) is 4.98 Å². The maximum absolute atomic E-state index is 12.7. The van der Waals surface area contributed by atoms with Crippen LogP contribution in [0.1, 0.15) is 59.4 Å². The summed E-state index contributed by atoms with van der Waals surface area (Å²) in [5.74, 6) is 1.05. The minimum absolute atomic E-state index is 0.0211. The highest BCUT2D eigenvalue weighted by atomic mass is 16.3. The average molecular weight is 396 g/mol. The van der Waals surface area contributed by atoms with E-state index in [2.05, 4.69) is 15.2 Å². The molecule has 0 aromatic carbocycles. The van der Waals surface area contributed by atoms with Crippen molar-refractivity contribution >= 4 is 17.6 Å². The molecule has 7 heteroatoms. The molecule has 29 heavy (non-hydrogen) atoms. The molecule has 0 radical (unpaired) electrons. The third-order valence-electron chi connectivity index (χ3n) is 5.82. The SMILES string of the molecule is O=C(NC1CCCCCC1)c1ccnc(N2CCN(C(=O)c3ccco3)CC2)c1. The van der Waals surface area contributed by atoms with Gasteiger partial charge in [-0.3, -0.25) is 9.59 Å². The van der Waals surface area contributed by atoms with Crippen LogP contribution in [0.5, 0.6) is 0 Å². The number of hydrogen-bond donors (Lipinski definition) is 1. The van der Waals surface area contributed by atoms with E-state index in [9.17, 15) is 9.59 Å². The third kappa shape index (κ3) is 4.78.